The Kier molecular flexibility index (Phi) is 12.5. The average molecular weight is 442 g/mol. The molecule has 3 atom stereocenters. The maximum atomic E-state index is 11.0. The molecule has 0 N–H and O–H groups in total. The van der Waals surface area contributed by atoms with Crippen molar-refractivity contribution in [1.29, 1.82) is 0 Å². The molecule has 0 spiro atoms. The van der Waals surface area contributed by atoms with Gasteiger partial charge in [0.15, 0.2) is 15.3 Å². The Morgan fingerprint density at radius 1 is 0.571 bits per heavy atom. The van der Waals surface area contributed by atoms with Gasteiger partial charge in [-0.2, -0.15) is 0 Å². The molecule has 0 aliphatic rings. The average Bonchev–Trinajstić information content (AvgIpc) is 3.28. The first kappa shape index (κ1) is 28.4. The Labute approximate surface area is 203 Å². The fourth-order valence-electron chi connectivity index (χ4n) is 1.89. The van der Waals surface area contributed by atoms with Crippen molar-refractivity contribution in [1.82, 2.24) is 0 Å². The molecular formula is C12H6Li3O9PS3. The summed E-state index contributed by atoms with van der Waals surface area (Å²) >= 11 is -7.82. The molecule has 0 aliphatic carbocycles. The zero-order chi connectivity index (χ0) is 18.1. The molecule has 0 amide bonds. The van der Waals surface area contributed by atoms with Crippen molar-refractivity contribution in [3.63, 3.8) is 0 Å². The summed E-state index contributed by atoms with van der Waals surface area (Å²) in [7, 11) is -1.78. The molecule has 0 aromatic carbocycles. The van der Waals surface area contributed by atoms with Crippen molar-refractivity contribution < 1.29 is 96.1 Å². The van der Waals surface area contributed by atoms with Crippen LogP contribution in [0.5, 0.6) is 0 Å². The van der Waals surface area contributed by atoms with Crippen molar-refractivity contribution in [2.45, 2.75) is 15.3 Å². The second kappa shape index (κ2) is 12.3. The van der Waals surface area contributed by atoms with Gasteiger partial charge in [-0.3, -0.25) is 12.6 Å². The molecule has 3 rings (SSSR count). The van der Waals surface area contributed by atoms with Crippen molar-refractivity contribution in [3.8, 4) is 0 Å². The van der Waals surface area contributed by atoms with Crippen molar-refractivity contribution in [3.05, 3.63) is 36.4 Å². The summed E-state index contributed by atoms with van der Waals surface area (Å²) in [6.45, 7) is 0. The minimum atomic E-state index is -2.61. The first-order valence-corrected chi connectivity index (χ1v) is 10.8. The van der Waals surface area contributed by atoms with Crippen LogP contribution < -0.4 is 73.1 Å². The fourth-order valence-corrected chi connectivity index (χ4v) is 4.97. The van der Waals surface area contributed by atoms with Crippen molar-refractivity contribution >= 4 is 57.7 Å². The Bertz CT molecular complexity index is 862. The molecule has 0 fully saturated rings. The van der Waals surface area contributed by atoms with Crippen LogP contribution in [0.4, 0.5) is 0 Å². The van der Waals surface area contributed by atoms with E-state index >= 15 is 0 Å². The van der Waals surface area contributed by atoms with Gasteiger partial charge >= 0.3 is 56.6 Å². The van der Waals surface area contributed by atoms with Gasteiger partial charge in [0.05, 0.1) is 0 Å². The second-order valence-electron chi connectivity index (χ2n) is 4.32. The Balaban J connectivity index is 0.00000243. The van der Waals surface area contributed by atoms with Crippen molar-refractivity contribution in [2.75, 3.05) is 0 Å². The molecule has 3 heterocycles. The zero-order valence-corrected chi connectivity index (χ0v) is 18.2. The van der Waals surface area contributed by atoms with E-state index in [0.29, 0.717) is 0 Å². The summed E-state index contributed by atoms with van der Waals surface area (Å²) in [5, 5.41) is -0.998. The fraction of sp³-hybridized carbons (Fsp3) is 0. The molecule has 3 aromatic rings. The Morgan fingerprint density at radius 2 is 0.821 bits per heavy atom. The summed E-state index contributed by atoms with van der Waals surface area (Å²) in [4.78, 5) is 0. The van der Waals surface area contributed by atoms with Crippen LogP contribution in [-0.4, -0.2) is 26.3 Å². The van der Waals surface area contributed by atoms with Crippen LogP contribution in [-0.2, 0) is 33.2 Å². The summed E-state index contributed by atoms with van der Waals surface area (Å²) in [6, 6.07) is 7.72. The molecule has 0 saturated heterocycles. The smallest absolute Gasteiger partial charge is 0.766 e. The summed E-state index contributed by atoms with van der Waals surface area (Å²) in [6.07, 6.45) is 0. The molecule has 0 radical (unpaired) electrons. The second-order valence-corrected chi connectivity index (χ2v) is 8.93. The van der Waals surface area contributed by atoms with Crippen LogP contribution >= 0.6 is 7.92 Å². The first-order chi connectivity index (χ1) is 11.9. The number of hydrogen-bond donors (Lipinski definition) is 0. The third-order valence-corrected chi connectivity index (χ3v) is 6.54. The summed E-state index contributed by atoms with van der Waals surface area (Å²) in [5.74, 6) is 0. The molecule has 3 unspecified atom stereocenters. The van der Waals surface area contributed by atoms with E-state index in [9.17, 15) is 26.3 Å². The topological polar surface area (TPSA) is 160 Å². The van der Waals surface area contributed by atoms with E-state index in [-0.39, 0.29) is 88.4 Å². The zero-order valence-electron chi connectivity index (χ0n) is 14.8. The predicted octanol–water partition coefficient (Wildman–Crippen LogP) is -9.05. The molecule has 28 heavy (non-hydrogen) atoms. The van der Waals surface area contributed by atoms with Crippen LogP contribution in [0.15, 0.2) is 64.9 Å². The summed E-state index contributed by atoms with van der Waals surface area (Å²) < 4.78 is 81.7. The number of rotatable bonds is 6. The van der Waals surface area contributed by atoms with Gasteiger partial charge in [-0.1, -0.05) is 0 Å². The molecule has 0 bridgehead atoms. The van der Waals surface area contributed by atoms with E-state index in [0.717, 1.165) is 0 Å². The van der Waals surface area contributed by atoms with E-state index in [4.69, 9.17) is 13.3 Å². The maximum Gasteiger partial charge on any atom is 1.00 e. The van der Waals surface area contributed by atoms with E-state index < -0.39 is 41.2 Å². The van der Waals surface area contributed by atoms with Gasteiger partial charge in [0.1, 0.15) is 24.4 Å². The minimum absolute atomic E-state index is 0. The van der Waals surface area contributed by atoms with Crippen LogP contribution in [0.3, 0.4) is 0 Å². The maximum absolute atomic E-state index is 11.0. The van der Waals surface area contributed by atoms with Crippen LogP contribution in [0.1, 0.15) is 0 Å². The summed E-state index contributed by atoms with van der Waals surface area (Å²) in [5.41, 5.74) is 0.387. The Morgan fingerprint density at radius 3 is 1.00 bits per heavy atom. The van der Waals surface area contributed by atoms with Gasteiger partial charge in [-0.25, -0.2) is 0 Å². The van der Waals surface area contributed by atoms with Gasteiger partial charge in [-0.05, 0) is 36.4 Å². The number of hydrogen-bond acceptors (Lipinski definition) is 9. The van der Waals surface area contributed by atoms with Gasteiger partial charge in [0, 0.05) is 33.2 Å². The van der Waals surface area contributed by atoms with Crippen LogP contribution in [0.2, 0.25) is 0 Å². The molecule has 0 saturated carbocycles. The van der Waals surface area contributed by atoms with Crippen molar-refractivity contribution in [2.24, 2.45) is 0 Å². The van der Waals surface area contributed by atoms with Gasteiger partial charge in [0.2, 0.25) is 0 Å². The standard InChI is InChI=1S/C12H9O9PS3.3Li/c13-23(14)10-4-1-7(19-10)22(8-2-5-11(20-8)24(15)16)9-3-6-12(21-9)25(17)18;;;/h1-6H,(H,13,14)(H,15,16)(H,17,18);;;/q;3*+1/p-3. The van der Waals surface area contributed by atoms with E-state index in [1.807, 2.05) is 0 Å². The van der Waals surface area contributed by atoms with E-state index in [1.54, 1.807) is 0 Å². The molecule has 9 nitrogen and oxygen atoms in total. The SMILES string of the molecule is O=S([O-])c1ccc(P(c2ccc(S(=O)[O-])o2)c2ccc(S(=O)[O-])o2)o1.[Li+].[Li+].[Li+]. The van der Waals surface area contributed by atoms with Gasteiger partial charge in [0.25, 0.3) is 0 Å². The van der Waals surface area contributed by atoms with Gasteiger partial charge in [-0.15, -0.1) is 0 Å². The molecule has 16 heteroatoms. The monoisotopic (exact) mass is 442 g/mol. The van der Waals surface area contributed by atoms with Crippen LogP contribution in [0.25, 0.3) is 0 Å². The Hall–Kier alpha value is 0.392. The van der Waals surface area contributed by atoms with Gasteiger partial charge < -0.3 is 26.9 Å². The van der Waals surface area contributed by atoms with E-state index in [2.05, 4.69) is 0 Å². The normalized spacial score (nSPS) is 14.7. The quantitative estimate of drug-likeness (QED) is 0.205. The molecule has 134 valence electrons. The minimum Gasteiger partial charge on any atom is -0.766 e. The number of furan rings is 3. The molecule has 0 aliphatic heterocycles. The van der Waals surface area contributed by atoms with E-state index in [1.165, 1.54) is 36.4 Å². The predicted molar refractivity (Wildman–Crippen MR) is 83.5 cm³/mol. The third kappa shape index (κ3) is 6.44. The largest absolute Gasteiger partial charge is 1.00 e. The first-order valence-electron chi connectivity index (χ1n) is 6.24. The van der Waals surface area contributed by atoms with Crippen LogP contribution in [0, 0.1) is 0 Å². The molecule has 3 aromatic heterocycles. The molecular weight excluding hydrogens is 436 g/mol. The third-order valence-electron chi connectivity index (χ3n) is 2.86.